The van der Waals surface area contributed by atoms with E-state index in [9.17, 15) is 14.7 Å². The molecule has 6 nitrogen and oxygen atoms in total. The smallest absolute Gasteiger partial charge is 0.344 e. The quantitative estimate of drug-likeness (QED) is 0.338. The molecule has 0 aliphatic carbocycles. The number of aryl methyl sites for hydroxylation is 1. The molecule has 0 radical (unpaired) electrons. The van der Waals surface area contributed by atoms with Gasteiger partial charge in [-0.3, -0.25) is 0 Å². The number of aromatic nitrogens is 1. The van der Waals surface area contributed by atoms with Crippen LogP contribution in [0.15, 0.2) is 49.1 Å². The van der Waals surface area contributed by atoms with Gasteiger partial charge in [0.05, 0.1) is 5.56 Å². The molecule has 168 valence electrons. The summed E-state index contributed by atoms with van der Waals surface area (Å²) in [6.45, 7) is 9.96. The summed E-state index contributed by atoms with van der Waals surface area (Å²) in [4.78, 5) is 23.5. The average molecular weight is 456 g/mol. The van der Waals surface area contributed by atoms with Gasteiger partial charge in [0.1, 0.15) is 12.4 Å². The number of ether oxygens (including phenoxy) is 2. The molecule has 1 aromatic heterocycles. The van der Waals surface area contributed by atoms with E-state index in [4.69, 9.17) is 21.1 Å². The van der Waals surface area contributed by atoms with Crippen molar-refractivity contribution in [2.75, 3.05) is 6.61 Å². The Labute approximate surface area is 192 Å². The van der Waals surface area contributed by atoms with Crippen LogP contribution in [0.2, 0.25) is 5.02 Å². The van der Waals surface area contributed by atoms with Gasteiger partial charge in [-0.25, -0.2) is 9.59 Å². The largest absolute Gasteiger partial charge is 0.479 e. The molecule has 3 rings (SSSR count). The van der Waals surface area contributed by atoms with Crippen LogP contribution in [0.25, 0.3) is 10.9 Å². The highest BCUT2D eigenvalue weighted by Gasteiger charge is 2.19. The zero-order valence-electron chi connectivity index (χ0n) is 18.4. The minimum absolute atomic E-state index is 0.160. The fourth-order valence-corrected chi connectivity index (χ4v) is 3.76. The first-order chi connectivity index (χ1) is 15.3. The summed E-state index contributed by atoms with van der Waals surface area (Å²) in [5.74, 6) is -0.945. The fraction of sp³-hybridized carbons (Fsp3) is 0.280. The molecule has 0 bridgehead atoms. The maximum Gasteiger partial charge on any atom is 0.344 e. The Kier molecular flexibility index (Phi) is 7.26. The number of carboxylic acid groups (broad SMARTS) is 1. The fourth-order valence-electron chi connectivity index (χ4n) is 3.59. The maximum atomic E-state index is 12.2. The van der Waals surface area contributed by atoms with E-state index in [2.05, 4.69) is 11.1 Å². The third-order valence-corrected chi connectivity index (χ3v) is 5.85. The number of halogens is 1. The molecule has 0 fully saturated rings. The lowest BCUT2D eigenvalue weighted by Crippen LogP contribution is -2.25. The van der Waals surface area contributed by atoms with Gasteiger partial charge < -0.3 is 19.1 Å². The van der Waals surface area contributed by atoms with Crippen molar-refractivity contribution in [2.45, 2.75) is 39.8 Å². The Balaban J connectivity index is 1.96. The molecule has 0 saturated carbocycles. The van der Waals surface area contributed by atoms with E-state index in [1.54, 1.807) is 31.2 Å². The first-order valence-corrected chi connectivity index (χ1v) is 10.7. The van der Waals surface area contributed by atoms with Gasteiger partial charge >= 0.3 is 11.9 Å². The summed E-state index contributed by atoms with van der Waals surface area (Å²) in [6, 6.07) is 10.6. The number of aliphatic carboxylic acids is 1. The molecule has 1 heterocycles. The van der Waals surface area contributed by atoms with Crippen LogP contribution in [0.1, 0.15) is 40.5 Å². The molecular formula is C25H26ClNO5. The van der Waals surface area contributed by atoms with Crippen LogP contribution in [-0.4, -0.2) is 34.3 Å². The molecule has 0 aliphatic rings. The minimum atomic E-state index is -1.01. The lowest BCUT2D eigenvalue weighted by atomic mass is 10.1. The molecule has 0 aliphatic heterocycles. The van der Waals surface area contributed by atoms with E-state index in [1.165, 1.54) is 6.08 Å². The normalized spacial score (nSPS) is 11.9. The number of rotatable bonds is 9. The van der Waals surface area contributed by atoms with Gasteiger partial charge in [0.2, 0.25) is 0 Å². The van der Waals surface area contributed by atoms with Crippen molar-refractivity contribution in [3.05, 3.63) is 76.5 Å². The Hall–Kier alpha value is -3.25. The second-order valence-corrected chi connectivity index (χ2v) is 7.93. The molecule has 3 aromatic rings. The highest BCUT2D eigenvalue weighted by atomic mass is 35.5. The molecule has 0 amide bonds. The van der Waals surface area contributed by atoms with Gasteiger partial charge in [0.15, 0.2) is 6.10 Å². The van der Waals surface area contributed by atoms with Crippen molar-refractivity contribution in [3.8, 4) is 5.75 Å². The zero-order valence-corrected chi connectivity index (χ0v) is 19.1. The van der Waals surface area contributed by atoms with Crippen LogP contribution in [0.3, 0.4) is 0 Å². The minimum Gasteiger partial charge on any atom is -0.479 e. The van der Waals surface area contributed by atoms with E-state index in [0.29, 0.717) is 29.3 Å². The predicted molar refractivity (Wildman–Crippen MR) is 125 cm³/mol. The van der Waals surface area contributed by atoms with Crippen LogP contribution >= 0.6 is 11.6 Å². The highest BCUT2D eigenvalue weighted by molar-refractivity contribution is 6.31. The average Bonchev–Trinajstić information content (AvgIpc) is 3.01. The van der Waals surface area contributed by atoms with E-state index in [1.807, 2.05) is 26.0 Å². The summed E-state index contributed by atoms with van der Waals surface area (Å²) in [5, 5.41) is 10.8. The van der Waals surface area contributed by atoms with E-state index in [-0.39, 0.29) is 6.61 Å². The first-order valence-electron chi connectivity index (χ1n) is 10.3. The molecule has 0 spiro atoms. The maximum absolute atomic E-state index is 12.2. The zero-order chi connectivity index (χ0) is 23.4. The second kappa shape index (κ2) is 9.92. The van der Waals surface area contributed by atoms with Gasteiger partial charge in [-0.1, -0.05) is 31.2 Å². The van der Waals surface area contributed by atoms with Crippen LogP contribution in [0.5, 0.6) is 5.75 Å². The van der Waals surface area contributed by atoms with Gasteiger partial charge in [0, 0.05) is 28.2 Å². The highest BCUT2D eigenvalue weighted by Crippen LogP contribution is 2.30. The number of benzene rings is 2. The lowest BCUT2D eigenvalue weighted by Gasteiger charge is -2.16. The molecule has 7 heteroatoms. The molecule has 0 saturated heterocycles. The number of hydrogen-bond donors (Lipinski definition) is 1. The third kappa shape index (κ3) is 4.81. The Morgan fingerprint density at radius 3 is 2.62 bits per heavy atom. The van der Waals surface area contributed by atoms with E-state index in [0.717, 1.165) is 27.7 Å². The molecule has 1 N–H and O–H groups in total. The van der Waals surface area contributed by atoms with E-state index >= 15 is 0 Å². The van der Waals surface area contributed by atoms with Crippen LogP contribution < -0.4 is 4.74 Å². The van der Waals surface area contributed by atoms with Gasteiger partial charge in [-0.05, 0) is 67.8 Å². The SMILES string of the molecule is C=CCOC(=O)c1ccc2c(c1)c(C)c(C)n2Cc1cc(O[C@H](CC)C(=O)O)ccc1Cl. The van der Waals surface area contributed by atoms with Crippen molar-refractivity contribution in [3.63, 3.8) is 0 Å². The van der Waals surface area contributed by atoms with Crippen molar-refractivity contribution in [2.24, 2.45) is 0 Å². The number of carbonyl (C=O) groups is 2. The number of carboxylic acids is 1. The number of nitrogens with zero attached hydrogens (tertiary/aromatic N) is 1. The van der Waals surface area contributed by atoms with Crippen molar-refractivity contribution < 1.29 is 24.2 Å². The number of fused-ring (bicyclic) bond motifs is 1. The molecule has 1 atom stereocenters. The summed E-state index contributed by atoms with van der Waals surface area (Å²) in [7, 11) is 0. The monoisotopic (exact) mass is 455 g/mol. The van der Waals surface area contributed by atoms with Crippen LogP contribution in [0, 0.1) is 13.8 Å². The van der Waals surface area contributed by atoms with Gasteiger partial charge in [-0.15, -0.1) is 0 Å². The Morgan fingerprint density at radius 1 is 1.22 bits per heavy atom. The lowest BCUT2D eigenvalue weighted by molar-refractivity contribution is -0.145. The van der Waals surface area contributed by atoms with Crippen LogP contribution in [0.4, 0.5) is 0 Å². The Bertz CT molecular complexity index is 1180. The summed E-state index contributed by atoms with van der Waals surface area (Å²) in [6.07, 6.45) is 0.966. The van der Waals surface area contributed by atoms with Gasteiger partial charge in [0.25, 0.3) is 0 Å². The summed E-state index contributed by atoms with van der Waals surface area (Å²) < 4.78 is 12.9. The topological polar surface area (TPSA) is 77.8 Å². The number of esters is 1. The van der Waals surface area contributed by atoms with Crippen molar-refractivity contribution in [1.29, 1.82) is 0 Å². The van der Waals surface area contributed by atoms with Crippen molar-refractivity contribution >= 4 is 34.4 Å². The number of hydrogen-bond acceptors (Lipinski definition) is 4. The molecule has 32 heavy (non-hydrogen) atoms. The van der Waals surface area contributed by atoms with Gasteiger partial charge in [-0.2, -0.15) is 0 Å². The predicted octanol–water partition coefficient (Wildman–Crippen LogP) is 5.54. The molecule has 2 aromatic carbocycles. The second-order valence-electron chi connectivity index (χ2n) is 7.52. The summed E-state index contributed by atoms with van der Waals surface area (Å²) in [5.41, 5.74) is 4.33. The number of carbonyl (C=O) groups excluding carboxylic acids is 1. The third-order valence-electron chi connectivity index (χ3n) is 5.48. The molecular weight excluding hydrogens is 430 g/mol. The molecule has 0 unspecified atom stereocenters. The summed E-state index contributed by atoms with van der Waals surface area (Å²) >= 11 is 6.45. The van der Waals surface area contributed by atoms with Crippen molar-refractivity contribution in [1.82, 2.24) is 4.57 Å². The Morgan fingerprint density at radius 2 is 1.97 bits per heavy atom. The first kappa shape index (κ1) is 23.4. The standard InChI is InChI=1S/C25H26ClNO5/c1-5-11-31-25(30)17-7-10-22-20(13-17)15(3)16(4)27(22)14-18-12-19(8-9-21(18)26)32-23(6-2)24(28)29/h5,7-10,12-13,23H,1,6,11,14H2,2-4H3,(H,28,29)/t23-/m1/s1. The van der Waals surface area contributed by atoms with Crippen LogP contribution in [-0.2, 0) is 16.1 Å². The van der Waals surface area contributed by atoms with E-state index < -0.39 is 18.0 Å².